The van der Waals surface area contributed by atoms with E-state index in [1.807, 2.05) is 0 Å². The van der Waals surface area contributed by atoms with Gasteiger partial charge in [0.1, 0.15) is 32.3 Å². The van der Waals surface area contributed by atoms with E-state index in [-0.39, 0.29) is 12.2 Å². The van der Waals surface area contributed by atoms with E-state index in [9.17, 15) is 0 Å². The fraction of sp³-hybridized carbons (Fsp3) is 0.700. The summed E-state index contributed by atoms with van der Waals surface area (Å²) >= 11 is 26.2. The van der Waals surface area contributed by atoms with Gasteiger partial charge in [0.05, 0.1) is 0 Å². The van der Waals surface area contributed by atoms with Gasteiger partial charge in [-0.3, -0.25) is 0 Å². The standard InChI is InChI=1S/C20H22Cl4O2/c21-15-17(23)20(26-14-6-2-4-10-8-12(10)14)18(24)16(22)19(15)25-13-5-1-3-9-7-11(9)13/h9-14H,1-8H2/t9-,10?,11+,12?,13-,14?/m0/s1. The SMILES string of the molecule is Clc1c(Cl)c(O[C@H]2CCC[C@H]3C[C@H]32)c(Cl)c(Cl)c1OC1CCCC2CC21. The van der Waals surface area contributed by atoms with Gasteiger partial charge >= 0.3 is 0 Å². The molecule has 26 heavy (non-hydrogen) atoms. The normalized spacial score (nSPS) is 37.5. The molecule has 0 bridgehead atoms. The Hall–Kier alpha value is -0.0200. The topological polar surface area (TPSA) is 18.5 Å². The average molecular weight is 436 g/mol. The maximum atomic E-state index is 6.54. The van der Waals surface area contributed by atoms with E-state index in [2.05, 4.69) is 0 Å². The van der Waals surface area contributed by atoms with Crippen molar-refractivity contribution < 1.29 is 9.47 Å². The van der Waals surface area contributed by atoms with E-state index < -0.39 is 0 Å². The van der Waals surface area contributed by atoms with Gasteiger partial charge in [-0.05, 0) is 75.0 Å². The fourth-order valence-corrected chi connectivity index (χ4v) is 6.10. The summed E-state index contributed by atoms with van der Waals surface area (Å²) in [5.41, 5.74) is 0. The van der Waals surface area contributed by atoms with E-state index in [0.29, 0.717) is 43.4 Å². The first-order chi connectivity index (χ1) is 12.5. The highest BCUT2D eigenvalue weighted by Gasteiger charge is 2.48. The quantitative estimate of drug-likeness (QED) is 0.457. The van der Waals surface area contributed by atoms with Crippen molar-refractivity contribution in [1.82, 2.24) is 0 Å². The second kappa shape index (κ2) is 6.79. The first kappa shape index (κ1) is 18.0. The lowest BCUT2D eigenvalue weighted by molar-refractivity contribution is 0.136. The van der Waals surface area contributed by atoms with Crippen LogP contribution in [0.15, 0.2) is 0 Å². The van der Waals surface area contributed by atoms with Crippen LogP contribution in [0.5, 0.6) is 11.5 Å². The van der Waals surface area contributed by atoms with Gasteiger partial charge in [-0.1, -0.05) is 46.4 Å². The molecule has 0 aromatic heterocycles. The summed E-state index contributed by atoms with van der Waals surface area (Å²) in [5.74, 6) is 3.69. The fourth-order valence-electron chi connectivity index (χ4n) is 5.10. The lowest BCUT2D eigenvalue weighted by Gasteiger charge is -2.27. The number of hydrogen-bond donors (Lipinski definition) is 0. The van der Waals surface area contributed by atoms with Crippen molar-refractivity contribution in [2.24, 2.45) is 23.7 Å². The zero-order valence-corrected chi connectivity index (χ0v) is 17.5. The highest BCUT2D eigenvalue weighted by molar-refractivity contribution is 6.50. The van der Waals surface area contributed by atoms with Gasteiger partial charge in [0.15, 0.2) is 11.5 Å². The van der Waals surface area contributed by atoms with Gasteiger partial charge in [-0.2, -0.15) is 0 Å². The van der Waals surface area contributed by atoms with Crippen molar-refractivity contribution >= 4 is 46.4 Å². The Morgan fingerprint density at radius 1 is 0.577 bits per heavy atom. The summed E-state index contributed by atoms with van der Waals surface area (Å²) < 4.78 is 12.4. The summed E-state index contributed by atoms with van der Waals surface area (Å²) in [6, 6.07) is 0. The van der Waals surface area contributed by atoms with Crippen LogP contribution in [0.2, 0.25) is 20.1 Å². The van der Waals surface area contributed by atoms with Crippen LogP contribution in [-0.4, -0.2) is 12.2 Å². The van der Waals surface area contributed by atoms with Gasteiger partial charge in [0.25, 0.3) is 0 Å². The summed E-state index contributed by atoms with van der Waals surface area (Å²) in [6.45, 7) is 0. The molecule has 0 aliphatic heterocycles. The van der Waals surface area contributed by atoms with Crippen LogP contribution in [0.3, 0.4) is 0 Å². The van der Waals surface area contributed by atoms with Gasteiger partial charge in [0.2, 0.25) is 0 Å². The van der Waals surface area contributed by atoms with Crippen LogP contribution in [0.1, 0.15) is 51.4 Å². The molecule has 1 aromatic rings. The molecule has 2 nitrogen and oxygen atoms in total. The highest BCUT2D eigenvalue weighted by Crippen LogP contribution is 2.56. The summed E-state index contributed by atoms with van der Waals surface area (Å²) in [5, 5.41) is 1.29. The monoisotopic (exact) mass is 434 g/mol. The Morgan fingerprint density at radius 3 is 1.35 bits per heavy atom. The molecule has 142 valence electrons. The number of fused-ring (bicyclic) bond motifs is 2. The Kier molecular flexibility index (Phi) is 4.71. The number of ether oxygens (including phenoxy) is 2. The van der Waals surface area contributed by atoms with E-state index in [4.69, 9.17) is 55.9 Å². The molecule has 0 heterocycles. The second-order valence-corrected chi connectivity index (χ2v) is 9.92. The number of halogens is 4. The minimum atomic E-state index is 0.160. The zero-order valence-electron chi connectivity index (χ0n) is 14.4. The van der Waals surface area contributed by atoms with Gasteiger partial charge in [-0.15, -0.1) is 0 Å². The molecule has 4 saturated carbocycles. The molecule has 0 N–H and O–H groups in total. The predicted molar refractivity (Wildman–Crippen MR) is 106 cm³/mol. The summed E-state index contributed by atoms with van der Waals surface area (Å²) in [6.07, 6.45) is 9.87. The van der Waals surface area contributed by atoms with Crippen LogP contribution in [0, 0.1) is 23.7 Å². The van der Waals surface area contributed by atoms with Gasteiger partial charge in [0, 0.05) is 0 Å². The van der Waals surface area contributed by atoms with E-state index in [1.165, 1.54) is 38.5 Å². The van der Waals surface area contributed by atoms with Crippen molar-refractivity contribution in [1.29, 1.82) is 0 Å². The molecular weight excluding hydrogens is 414 g/mol. The highest BCUT2D eigenvalue weighted by atomic mass is 35.5. The van der Waals surface area contributed by atoms with Crippen molar-refractivity contribution in [3.8, 4) is 11.5 Å². The van der Waals surface area contributed by atoms with Crippen molar-refractivity contribution in [3.05, 3.63) is 20.1 Å². The largest absolute Gasteiger partial charge is 0.487 e. The Labute approximate surface area is 174 Å². The molecule has 4 fully saturated rings. The Bertz CT molecular complexity index is 647. The molecule has 6 heteroatoms. The third-order valence-corrected chi connectivity index (χ3v) is 8.39. The smallest absolute Gasteiger partial charge is 0.160 e. The van der Waals surface area contributed by atoms with Crippen LogP contribution in [0.25, 0.3) is 0 Å². The molecule has 0 saturated heterocycles. The first-order valence-electron chi connectivity index (χ1n) is 9.73. The van der Waals surface area contributed by atoms with Crippen LogP contribution in [-0.2, 0) is 0 Å². The summed E-state index contributed by atoms with van der Waals surface area (Å²) in [4.78, 5) is 0. The summed E-state index contributed by atoms with van der Waals surface area (Å²) in [7, 11) is 0. The van der Waals surface area contributed by atoms with Crippen LogP contribution in [0.4, 0.5) is 0 Å². The third kappa shape index (κ3) is 3.09. The van der Waals surface area contributed by atoms with Crippen LogP contribution < -0.4 is 9.47 Å². The molecule has 0 spiro atoms. The Balaban J connectivity index is 1.40. The minimum Gasteiger partial charge on any atom is -0.487 e. The predicted octanol–water partition coefficient (Wildman–Crippen LogP) is 7.44. The lowest BCUT2D eigenvalue weighted by Crippen LogP contribution is -2.24. The lowest BCUT2D eigenvalue weighted by atomic mass is 9.97. The second-order valence-electron chi connectivity index (χ2n) is 8.41. The zero-order chi connectivity index (χ0) is 18.0. The molecule has 6 atom stereocenters. The van der Waals surface area contributed by atoms with E-state index in [0.717, 1.165) is 24.7 Å². The Morgan fingerprint density at radius 2 is 0.962 bits per heavy atom. The molecule has 3 unspecified atom stereocenters. The molecule has 5 rings (SSSR count). The number of rotatable bonds is 4. The number of benzene rings is 1. The first-order valence-corrected chi connectivity index (χ1v) is 11.2. The van der Waals surface area contributed by atoms with E-state index in [1.54, 1.807) is 0 Å². The number of hydrogen-bond acceptors (Lipinski definition) is 2. The molecule has 1 aromatic carbocycles. The van der Waals surface area contributed by atoms with Crippen LogP contribution >= 0.6 is 46.4 Å². The molecule has 0 radical (unpaired) electrons. The van der Waals surface area contributed by atoms with Gasteiger partial charge in [-0.25, -0.2) is 0 Å². The minimum absolute atomic E-state index is 0.160. The average Bonchev–Trinajstić information content (AvgIpc) is 3.53. The van der Waals surface area contributed by atoms with Crippen molar-refractivity contribution in [2.75, 3.05) is 0 Å². The maximum Gasteiger partial charge on any atom is 0.160 e. The molecule has 0 amide bonds. The maximum absolute atomic E-state index is 6.54. The van der Waals surface area contributed by atoms with E-state index >= 15 is 0 Å². The molecule has 4 aliphatic rings. The molecule has 4 aliphatic carbocycles. The van der Waals surface area contributed by atoms with Crippen molar-refractivity contribution in [2.45, 2.75) is 63.6 Å². The van der Waals surface area contributed by atoms with Crippen molar-refractivity contribution in [3.63, 3.8) is 0 Å². The molecular formula is C20H22Cl4O2. The van der Waals surface area contributed by atoms with Gasteiger partial charge < -0.3 is 9.47 Å². The third-order valence-electron chi connectivity index (χ3n) is 6.76.